The Labute approximate surface area is 96.6 Å². The summed E-state index contributed by atoms with van der Waals surface area (Å²) < 4.78 is 1.16. The molecule has 0 saturated heterocycles. The highest BCUT2D eigenvalue weighted by atomic mass is 127. The van der Waals surface area contributed by atoms with Crippen molar-refractivity contribution in [2.75, 3.05) is 0 Å². The van der Waals surface area contributed by atoms with Gasteiger partial charge in [0.15, 0.2) is 0 Å². The Morgan fingerprint density at radius 1 is 1.21 bits per heavy atom. The van der Waals surface area contributed by atoms with Crippen molar-refractivity contribution in [3.05, 3.63) is 57.7 Å². The van der Waals surface area contributed by atoms with Gasteiger partial charge in [-0.15, -0.1) is 0 Å². The molecule has 2 aromatic rings. The highest BCUT2D eigenvalue weighted by molar-refractivity contribution is 14.1. The van der Waals surface area contributed by atoms with E-state index in [4.69, 9.17) is 0 Å². The van der Waals surface area contributed by atoms with Crippen molar-refractivity contribution < 1.29 is 0 Å². The molecule has 2 nitrogen and oxygen atoms in total. The highest BCUT2D eigenvalue weighted by Crippen LogP contribution is 2.09. The molecule has 0 bridgehead atoms. The van der Waals surface area contributed by atoms with Crippen LogP contribution in [0.3, 0.4) is 0 Å². The van der Waals surface area contributed by atoms with Crippen LogP contribution in [-0.4, -0.2) is 9.97 Å². The van der Waals surface area contributed by atoms with E-state index < -0.39 is 0 Å². The third-order valence-electron chi connectivity index (χ3n) is 1.87. The van der Waals surface area contributed by atoms with Crippen molar-refractivity contribution in [1.82, 2.24) is 9.97 Å². The SMILES string of the molecule is Ic1cncc(Cc2ccccn2)c1. The zero-order valence-electron chi connectivity index (χ0n) is 7.52. The topological polar surface area (TPSA) is 25.8 Å². The second-order valence-electron chi connectivity index (χ2n) is 3.01. The molecular formula is C11H9IN2. The van der Waals surface area contributed by atoms with E-state index in [0.29, 0.717) is 0 Å². The first-order chi connectivity index (χ1) is 6.84. The van der Waals surface area contributed by atoms with Gasteiger partial charge < -0.3 is 0 Å². The molecule has 0 radical (unpaired) electrons. The summed E-state index contributed by atoms with van der Waals surface area (Å²) >= 11 is 2.27. The second kappa shape index (κ2) is 4.50. The van der Waals surface area contributed by atoms with E-state index in [1.165, 1.54) is 5.56 Å². The summed E-state index contributed by atoms with van der Waals surface area (Å²) in [7, 11) is 0. The van der Waals surface area contributed by atoms with Crippen LogP contribution in [0.2, 0.25) is 0 Å². The summed E-state index contributed by atoms with van der Waals surface area (Å²) in [6.07, 6.45) is 6.40. The largest absolute Gasteiger partial charge is 0.263 e. The van der Waals surface area contributed by atoms with Gasteiger partial charge in [-0.05, 0) is 46.4 Å². The summed E-state index contributed by atoms with van der Waals surface area (Å²) in [5.41, 5.74) is 2.28. The molecule has 0 unspecified atom stereocenters. The number of pyridine rings is 2. The van der Waals surface area contributed by atoms with Crippen LogP contribution in [0.1, 0.15) is 11.3 Å². The number of hydrogen-bond donors (Lipinski definition) is 0. The van der Waals surface area contributed by atoms with Crippen LogP contribution in [-0.2, 0) is 6.42 Å². The zero-order valence-corrected chi connectivity index (χ0v) is 9.68. The molecule has 0 aliphatic carbocycles. The second-order valence-corrected chi connectivity index (χ2v) is 4.25. The lowest BCUT2D eigenvalue weighted by Gasteiger charge is -2.00. The standard InChI is InChI=1S/C11H9IN2/c12-10-5-9(7-13-8-10)6-11-3-1-2-4-14-11/h1-5,7-8H,6H2. The minimum absolute atomic E-state index is 0.852. The van der Waals surface area contributed by atoms with E-state index in [2.05, 4.69) is 38.6 Å². The molecule has 0 saturated carbocycles. The molecule has 0 N–H and O–H groups in total. The van der Waals surface area contributed by atoms with E-state index >= 15 is 0 Å². The fourth-order valence-electron chi connectivity index (χ4n) is 1.26. The Morgan fingerprint density at radius 2 is 2.14 bits per heavy atom. The molecule has 0 fully saturated rings. The average molecular weight is 296 g/mol. The summed E-state index contributed by atoms with van der Waals surface area (Å²) in [4.78, 5) is 8.42. The van der Waals surface area contributed by atoms with Crippen molar-refractivity contribution in [2.45, 2.75) is 6.42 Å². The van der Waals surface area contributed by atoms with Crippen LogP contribution in [0.25, 0.3) is 0 Å². The molecule has 3 heteroatoms. The predicted octanol–water partition coefficient (Wildman–Crippen LogP) is 2.67. The predicted molar refractivity (Wildman–Crippen MR) is 64.0 cm³/mol. The summed E-state index contributed by atoms with van der Waals surface area (Å²) in [5, 5.41) is 0. The number of nitrogens with zero attached hydrogens (tertiary/aromatic N) is 2. The Morgan fingerprint density at radius 3 is 2.86 bits per heavy atom. The maximum absolute atomic E-state index is 4.27. The van der Waals surface area contributed by atoms with E-state index in [9.17, 15) is 0 Å². The molecule has 2 rings (SSSR count). The van der Waals surface area contributed by atoms with Gasteiger partial charge in [-0.2, -0.15) is 0 Å². The lowest BCUT2D eigenvalue weighted by Crippen LogP contribution is -1.92. The van der Waals surface area contributed by atoms with Crippen molar-refractivity contribution in [2.24, 2.45) is 0 Å². The number of hydrogen-bond acceptors (Lipinski definition) is 2. The van der Waals surface area contributed by atoms with Gasteiger partial charge in [0.2, 0.25) is 0 Å². The highest BCUT2D eigenvalue weighted by Gasteiger charge is 1.97. The quantitative estimate of drug-likeness (QED) is 0.796. The smallest absolute Gasteiger partial charge is 0.0447 e. The third kappa shape index (κ3) is 2.51. The van der Waals surface area contributed by atoms with Gasteiger partial charge in [0.25, 0.3) is 0 Å². The maximum atomic E-state index is 4.27. The Balaban J connectivity index is 2.19. The van der Waals surface area contributed by atoms with E-state index in [1.807, 2.05) is 36.8 Å². The van der Waals surface area contributed by atoms with Gasteiger partial charge in [0, 0.05) is 34.3 Å². The monoisotopic (exact) mass is 296 g/mol. The minimum atomic E-state index is 0.852. The van der Waals surface area contributed by atoms with Crippen molar-refractivity contribution >= 4 is 22.6 Å². The van der Waals surface area contributed by atoms with Crippen molar-refractivity contribution in [3.63, 3.8) is 0 Å². The first-order valence-corrected chi connectivity index (χ1v) is 5.42. The molecular weight excluding hydrogens is 287 g/mol. The zero-order chi connectivity index (χ0) is 9.80. The molecule has 0 aliphatic heterocycles. The summed E-state index contributed by atoms with van der Waals surface area (Å²) in [6.45, 7) is 0. The summed E-state index contributed by atoms with van der Waals surface area (Å²) in [6, 6.07) is 8.09. The Hall–Kier alpha value is -0.970. The first-order valence-electron chi connectivity index (χ1n) is 4.34. The Bertz CT molecular complexity index is 415. The molecule has 0 spiro atoms. The third-order valence-corrected chi connectivity index (χ3v) is 2.46. The van der Waals surface area contributed by atoms with Gasteiger partial charge in [-0.3, -0.25) is 9.97 Å². The molecule has 0 atom stereocenters. The molecule has 0 amide bonds. The van der Waals surface area contributed by atoms with E-state index in [1.54, 1.807) is 0 Å². The molecule has 2 heterocycles. The van der Waals surface area contributed by atoms with Crippen LogP contribution in [0.15, 0.2) is 42.9 Å². The van der Waals surface area contributed by atoms with Crippen LogP contribution < -0.4 is 0 Å². The molecule has 2 aromatic heterocycles. The lowest BCUT2D eigenvalue weighted by atomic mass is 10.1. The Kier molecular flexibility index (Phi) is 3.08. The van der Waals surface area contributed by atoms with Gasteiger partial charge in [-0.1, -0.05) is 6.07 Å². The normalized spacial score (nSPS) is 10.1. The van der Waals surface area contributed by atoms with E-state index in [-0.39, 0.29) is 0 Å². The fraction of sp³-hybridized carbons (Fsp3) is 0.0909. The van der Waals surface area contributed by atoms with Crippen molar-refractivity contribution in [1.29, 1.82) is 0 Å². The van der Waals surface area contributed by atoms with Crippen molar-refractivity contribution in [3.8, 4) is 0 Å². The molecule has 0 aromatic carbocycles. The van der Waals surface area contributed by atoms with Crippen LogP contribution in [0.5, 0.6) is 0 Å². The van der Waals surface area contributed by atoms with Crippen LogP contribution in [0.4, 0.5) is 0 Å². The number of halogens is 1. The van der Waals surface area contributed by atoms with Gasteiger partial charge in [0.05, 0.1) is 0 Å². The maximum Gasteiger partial charge on any atom is 0.0447 e. The summed E-state index contributed by atoms with van der Waals surface area (Å²) in [5.74, 6) is 0. The molecule has 14 heavy (non-hydrogen) atoms. The molecule has 70 valence electrons. The number of aromatic nitrogens is 2. The first kappa shape index (κ1) is 9.58. The fourth-order valence-corrected chi connectivity index (χ4v) is 1.83. The van der Waals surface area contributed by atoms with Gasteiger partial charge in [-0.25, -0.2) is 0 Å². The van der Waals surface area contributed by atoms with Crippen LogP contribution >= 0.6 is 22.6 Å². The lowest BCUT2D eigenvalue weighted by molar-refractivity contribution is 1.05. The average Bonchev–Trinajstić information content (AvgIpc) is 2.19. The van der Waals surface area contributed by atoms with Crippen LogP contribution in [0, 0.1) is 3.57 Å². The molecule has 0 aliphatic rings. The van der Waals surface area contributed by atoms with E-state index in [0.717, 1.165) is 15.7 Å². The van der Waals surface area contributed by atoms with Gasteiger partial charge >= 0.3 is 0 Å². The van der Waals surface area contributed by atoms with Gasteiger partial charge in [0.1, 0.15) is 0 Å². The minimum Gasteiger partial charge on any atom is -0.263 e. The number of rotatable bonds is 2.